The maximum absolute atomic E-state index is 13.0. The standard InChI is InChI=1S/C27H30ClN5O5/c1-32-7-6-17(13-32)15-38-21-10-19(28)9-20(11-21)30-27(37)29-12-16-2-3-18-14-33(26(36)22(18)8-16)23-4-5-24(34)31-25(23)35/h2-3,8-11,17,23H,4-7,12-15H2,1H3,(H2,29,30,37)(H,31,34,35). The molecule has 5 amide bonds. The van der Waals surface area contributed by atoms with Crippen LogP contribution in [0.5, 0.6) is 5.75 Å². The average molecular weight is 540 g/mol. The number of rotatable bonds is 7. The van der Waals surface area contributed by atoms with Gasteiger partial charge in [0.05, 0.1) is 6.61 Å². The molecule has 38 heavy (non-hydrogen) atoms. The lowest BCUT2D eigenvalue weighted by Gasteiger charge is -2.29. The van der Waals surface area contributed by atoms with Gasteiger partial charge in [-0.2, -0.15) is 0 Å². The van der Waals surface area contributed by atoms with Gasteiger partial charge in [0.2, 0.25) is 11.8 Å². The number of halogens is 1. The second kappa shape index (κ2) is 11.0. The molecule has 2 aromatic carbocycles. The first-order valence-corrected chi connectivity index (χ1v) is 13.1. The number of carbonyl (C=O) groups is 4. The van der Waals surface area contributed by atoms with Crippen molar-refractivity contribution in [1.29, 1.82) is 0 Å². The number of fused-ring (bicyclic) bond motifs is 1. The Morgan fingerprint density at radius 2 is 2.00 bits per heavy atom. The summed E-state index contributed by atoms with van der Waals surface area (Å²) in [7, 11) is 2.09. The van der Waals surface area contributed by atoms with Gasteiger partial charge in [0.1, 0.15) is 11.8 Å². The van der Waals surface area contributed by atoms with Crippen LogP contribution >= 0.6 is 11.6 Å². The molecule has 5 rings (SSSR count). The van der Waals surface area contributed by atoms with Crippen LogP contribution in [0, 0.1) is 5.92 Å². The number of nitrogens with zero attached hydrogens (tertiary/aromatic N) is 2. The minimum atomic E-state index is -0.661. The number of imide groups is 1. The third-order valence-corrected chi connectivity index (χ3v) is 7.37. The number of hydrogen-bond donors (Lipinski definition) is 3. The van der Waals surface area contributed by atoms with Crippen LogP contribution < -0.4 is 20.7 Å². The van der Waals surface area contributed by atoms with Gasteiger partial charge in [-0.15, -0.1) is 0 Å². The van der Waals surface area contributed by atoms with Crippen molar-refractivity contribution < 1.29 is 23.9 Å². The van der Waals surface area contributed by atoms with E-state index in [0.29, 0.717) is 47.5 Å². The van der Waals surface area contributed by atoms with Crippen molar-refractivity contribution in [2.75, 3.05) is 32.1 Å². The monoisotopic (exact) mass is 539 g/mol. The molecule has 3 heterocycles. The summed E-state index contributed by atoms with van der Waals surface area (Å²) in [5.74, 6) is 0.0490. The van der Waals surface area contributed by atoms with Crippen molar-refractivity contribution in [1.82, 2.24) is 20.4 Å². The van der Waals surface area contributed by atoms with Crippen molar-refractivity contribution in [3.63, 3.8) is 0 Å². The van der Waals surface area contributed by atoms with Crippen LogP contribution in [-0.4, -0.2) is 66.3 Å². The summed E-state index contributed by atoms with van der Waals surface area (Å²) in [6.45, 7) is 3.16. The molecular formula is C27H30ClN5O5. The molecule has 2 aromatic rings. The normalized spacial score (nSPS) is 21.3. The summed E-state index contributed by atoms with van der Waals surface area (Å²) in [6, 6.07) is 9.43. The molecule has 2 fully saturated rings. The van der Waals surface area contributed by atoms with Crippen molar-refractivity contribution in [3.05, 3.63) is 58.1 Å². The Labute approximate surface area is 225 Å². The third-order valence-electron chi connectivity index (χ3n) is 7.15. The van der Waals surface area contributed by atoms with Crippen LogP contribution in [0.15, 0.2) is 36.4 Å². The zero-order valence-electron chi connectivity index (χ0n) is 21.1. The number of nitrogens with one attached hydrogen (secondary N) is 3. The topological polar surface area (TPSA) is 120 Å². The largest absolute Gasteiger partial charge is 0.493 e. The Morgan fingerprint density at radius 1 is 1.16 bits per heavy atom. The molecule has 0 saturated carbocycles. The SMILES string of the molecule is CN1CCC(COc2cc(Cl)cc(NC(=O)NCc3ccc4c(c3)C(=O)N(C3CCC(=O)NC3=O)C4)c2)C1. The van der Waals surface area contributed by atoms with E-state index in [-0.39, 0.29) is 24.8 Å². The van der Waals surface area contributed by atoms with Gasteiger partial charge in [-0.25, -0.2) is 4.79 Å². The number of urea groups is 1. The molecule has 3 aliphatic rings. The number of likely N-dealkylation sites (tertiary alicyclic amines) is 1. The lowest BCUT2D eigenvalue weighted by atomic mass is 10.0. The highest BCUT2D eigenvalue weighted by atomic mass is 35.5. The van der Waals surface area contributed by atoms with E-state index < -0.39 is 18.0 Å². The maximum Gasteiger partial charge on any atom is 0.319 e. The third kappa shape index (κ3) is 5.92. The lowest BCUT2D eigenvalue weighted by molar-refractivity contribution is -0.136. The molecule has 2 unspecified atom stereocenters. The van der Waals surface area contributed by atoms with Crippen LogP contribution in [0.4, 0.5) is 10.5 Å². The molecule has 2 saturated heterocycles. The Morgan fingerprint density at radius 3 is 2.76 bits per heavy atom. The Balaban J connectivity index is 1.15. The van der Waals surface area contributed by atoms with Gasteiger partial charge in [0.15, 0.2) is 0 Å². The predicted octanol–water partition coefficient (Wildman–Crippen LogP) is 2.75. The fourth-order valence-electron chi connectivity index (χ4n) is 5.16. The summed E-state index contributed by atoms with van der Waals surface area (Å²) in [6.07, 6.45) is 1.61. The van der Waals surface area contributed by atoms with E-state index in [1.54, 1.807) is 24.3 Å². The van der Waals surface area contributed by atoms with Crippen LogP contribution in [-0.2, 0) is 22.7 Å². The van der Waals surface area contributed by atoms with Crippen molar-refractivity contribution in [3.8, 4) is 5.75 Å². The Kier molecular flexibility index (Phi) is 7.53. The van der Waals surface area contributed by atoms with Gasteiger partial charge in [0.25, 0.3) is 5.91 Å². The van der Waals surface area contributed by atoms with E-state index in [2.05, 4.69) is 27.9 Å². The minimum Gasteiger partial charge on any atom is -0.493 e. The molecule has 0 aromatic heterocycles. The van der Waals surface area contributed by atoms with Crippen molar-refractivity contribution in [2.45, 2.75) is 38.4 Å². The zero-order chi connectivity index (χ0) is 26.8. The maximum atomic E-state index is 13.0. The summed E-state index contributed by atoms with van der Waals surface area (Å²) in [4.78, 5) is 53.0. The highest BCUT2D eigenvalue weighted by Crippen LogP contribution is 2.29. The number of ether oxygens (including phenoxy) is 1. The highest BCUT2D eigenvalue weighted by Gasteiger charge is 2.39. The number of carbonyl (C=O) groups excluding carboxylic acids is 4. The number of hydrogen-bond acceptors (Lipinski definition) is 6. The zero-order valence-corrected chi connectivity index (χ0v) is 21.8. The second-order valence-corrected chi connectivity index (χ2v) is 10.5. The fourth-order valence-corrected chi connectivity index (χ4v) is 5.39. The van der Waals surface area contributed by atoms with Gasteiger partial charge < -0.3 is 25.2 Å². The van der Waals surface area contributed by atoms with Crippen LogP contribution in [0.2, 0.25) is 5.02 Å². The smallest absolute Gasteiger partial charge is 0.319 e. The van der Waals surface area contributed by atoms with Crippen LogP contribution in [0.25, 0.3) is 0 Å². The first-order valence-electron chi connectivity index (χ1n) is 12.7. The molecular weight excluding hydrogens is 510 g/mol. The summed E-state index contributed by atoms with van der Waals surface area (Å²) < 4.78 is 5.93. The van der Waals surface area contributed by atoms with Crippen molar-refractivity contribution in [2.24, 2.45) is 5.92 Å². The molecule has 0 spiro atoms. The van der Waals surface area contributed by atoms with Crippen LogP contribution in [0.1, 0.15) is 40.7 Å². The van der Waals surface area contributed by atoms with Crippen LogP contribution in [0.3, 0.4) is 0 Å². The van der Waals surface area contributed by atoms with E-state index in [4.69, 9.17) is 16.3 Å². The van der Waals surface area contributed by atoms with Gasteiger partial charge in [0, 0.05) is 54.3 Å². The Hall–Kier alpha value is -3.63. The quantitative estimate of drug-likeness (QED) is 0.465. The molecule has 0 aliphatic carbocycles. The van der Waals surface area contributed by atoms with Gasteiger partial charge in [-0.05, 0) is 55.8 Å². The van der Waals surface area contributed by atoms with Gasteiger partial charge in [-0.1, -0.05) is 23.7 Å². The van der Waals surface area contributed by atoms with E-state index in [1.165, 1.54) is 4.90 Å². The molecule has 200 valence electrons. The predicted molar refractivity (Wildman–Crippen MR) is 141 cm³/mol. The first kappa shape index (κ1) is 26.0. The van der Waals surface area contributed by atoms with E-state index >= 15 is 0 Å². The first-order chi connectivity index (χ1) is 18.2. The van der Waals surface area contributed by atoms with Gasteiger partial charge >= 0.3 is 6.03 Å². The number of amides is 5. The summed E-state index contributed by atoms with van der Waals surface area (Å²) in [5, 5.41) is 8.33. The number of piperidine rings is 1. The molecule has 2 atom stereocenters. The number of benzene rings is 2. The lowest BCUT2D eigenvalue weighted by Crippen LogP contribution is -2.52. The van der Waals surface area contributed by atoms with Crippen molar-refractivity contribution >= 4 is 41.0 Å². The van der Waals surface area contributed by atoms with E-state index in [9.17, 15) is 19.2 Å². The van der Waals surface area contributed by atoms with E-state index in [0.717, 1.165) is 30.6 Å². The average Bonchev–Trinajstić information content (AvgIpc) is 3.43. The van der Waals surface area contributed by atoms with E-state index in [1.807, 2.05) is 12.1 Å². The molecule has 11 heteroatoms. The van der Waals surface area contributed by atoms with Gasteiger partial charge in [-0.3, -0.25) is 19.7 Å². The molecule has 3 N–H and O–H groups in total. The second-order valence-electron chi connectivity index (χ2n) is 10.1. The summed E-state index contributed by atoms with van der Waals surface area (Å²) >= 11 is 6.24. The molecule has 10 nitrogen and oxygen atoms in total. The molecule has 3 aliphatic heterocycles. The Bertz CT molecular complexity index is 1280. The highest BCUT2D eigenvalue weighted by molar-refractivity contribution is 6.31. The summed E-state index contributed by atoms with van der Waals surface area (Å²) in [5.41, 5.74) is 2.56. The number of anilines is 1. The molecule has 0 radical (unpaired) electrons. The fraction of sp³-hybridized carbons (Fsp3) is 0.407. The molecule has 0 bridgehead atoms. The minimum absolute atomic E-state index is 0.198.